The van der Waals surface area contributed by atoms with Crippen molar-refractivity contribution < 1.29 is 24.0 Å². The van der Waals surface area contributed by atoms with Gasteiger partial charge in [-0.05, 0) is 41.4 Å². The van der Waals surface area contributed by atoms with E-state index in [9.17, 15) is 24.5 Å². The van der Waals surface area contributed by atoms with E-state index in [2.05, 4.69) is 26.2 Å². The number of halogens is 1. The molecule has 0 saturated heterocycles. The largest absolute Gasteiger partial charge is 0.465 e. The number of non-ortho nitro benzene ring substituents is 1. The molecule has 1 N–H and O–H groups in total. The number of esters is 2. The minimum atomic E-state index is -0.807. The van der Waals surface area contributed by atoms with Crippen molar-refractivity contribution in [1.29, 1.82) is 0 Å². The molecule has 36 heavy (non-hydrogen) atoms. The molecule has 11 nitrogen and oxygen atoms in total. The van der Waals surface area contributed by atoms with Gasteiger partial charge < -0.3 is 14.8 Å². The van der Waals surface area contributed by atoms with Crippen LogP contribution >= 0.6 is 15.9 Å². The first-order valence-corrected chi connectivity index (χ1v) is 11.5. The second-order valence-electron chi connectivity index (χ2n) is 7.95. The molecule has 0 bridgehead atoms. The lowest BCUT2D eigenvalue weighted by Crippen LogP contribution is -2.31. The van der Waals surface area contributed by atoms with Crippen molar-refractivity contribution in [3.05, 3.63) is 84.7 Å². The molecule has 1 aromatic heterocycles. The highest BCUT2D eigenvalue weighted by molar-refractivity contribution is 9.10. The Hall–Kier alpha value is -4.06. The van der Waals surface area contributed by atoms with Gasteiger partial charge >= 0.3 is 11.9 Å². The van der Waals surface area contributed by atoms with Crippen LogP contribution in [0.1, 0.15) is 29.8 Å². The van der Waals surface area contributed by atoms with Crippen molar-refractivity contribution in [2.24, 2.45) is 0 Å². The Balaban J connectivity index is 2.13. The highest BCUT2D eigenvalue weighted by atomic mass is 79.9. The average molecular weight is 559 g/mol. The molecule has 0 aliphatic rings. The third kappa shape index (κ3) is 6.33. The molecule has 2 aromatic carbocycles. The van der Waals surface area contributed by atoms with Gasteiger partial charge in [0, 0.05) is 23.7 Å². The van der Waals surface area contributed by atoms with Gasteiger partial charge in [0.2, 0.25) is 0 Å². The molecular formula is C24H23BrN4O7. The summed E-state index contributed by atoms with van der Waals surface area (Å²) in [6.07, 6.45) is 0. The van der Waals surface area contributed by atoms with E-state index in [1.165, 1.54) is 12.1 Å². The minimum absolute atomic E-state index is 0.00356. The Morgan fingerprint density at radius 1 is 1.19 bits per heavy atom. The summed E-state index contributed by atoms with van der Waals surface area (Å²) in [6.45, 7) is 3.11. The number of hydrogen-bond acceptors (Lipinski definition) is 9. The van der Waals surface area contributed by atoms with E-state index in [1.807, 2.05) is 19.9 Å². The average Bonchev–Trinajstić information content (AvgIpc) is 2.85. The molecule has 188 valence electrons. The van der Waals surface area contributed by atoms with Crippen molar-refractivity contribution in [3.8, 4) is 11.3 Å². The summed E-state index contributed by atoms with van der Waals surface area (Å²) in [5.74, 6) is -1.55. The molecule has 12 heteroatoms. The van der Waals surface area contributed by atoms with Crippen LogP contribution in [0.5, 0.6) is 0 Å². The number of ether oxygens (including phenoxy) is 2. The van der Waals surface area contributed by atoms with Gasteiger partial charge in [0.05, 0.1) is 23.3 Å². The molecule has 3 aromatic rings. The van der Waals surface area contributed by atoms with Gasteiger partial charge in [-0.2, -0.15) is 0 Å². The zero-order valence-corrected chi connectivity index (χ0v) is 21.3. The molecule has 0 aliphatic carbocycles. The molecular weight excluding hydrogens is 536 g/mol. The van der Waals surface area contributed by atoms with E-state index in [1.54, 1.807) is 24.3 Å². The first-order valence-electron chi connectivity index (χ1n) is 10.7. The van der Waals surface area contributed by atoms with Crippen LogP contribution in [0.25, 0.3) is 11.3 Å². The minimum Gasteiger partial charge on any atom is -0.465 e. The number of rotatable bonds is 9. The van der Waals surface area contributed by atoms with Crippen LogP contribution in [0.3, 0.4) is 0 Å². The van der Waals surface area contributed by atoms with Crippen LogP contribution in [-0.2, 0) is 27.4 Å². The lowest BCUT2D eigenvalue weighted by molar-refractivity contribution is -0.384. The maximum Gasteiger partial charge on any atom is 0.338 e. The van der Waals surface area contributed by atoms with Crippen LogP contribution in [0, 0.1) is 10.1 Å². The number of nitro benzene ring substituents is 1. The lowest BCUT2D eigenvalue weighted by atomic mass is 10.1. The number of benzene rings is 2. The van der Waals surface area contributed by atoms with Gasteiger partial charge in [0.15, 0.2) is 5.82 Å². The van der Waals surface area contributed by atoms with Crippen LogP contribution in [0.4, 0.5) is 11.5 Å². The predicted molar refractivity (Wildman–Crippen MR) is 135 cm³/mol. The van der Waals surface area contributed by atoms with E-state index in [0.29, 0.717) is 0 Å². The number of nitrogens with zero attached hydrogens (tertiary/aromatic N) is 3. The maximum absolute atomic E-state index is 13.3. The number of nitro groups is 1. The van der Waals surface area contributed by atoms with E-state index < -0.39 is 34.7 Å². The molecule has 0 fully saturated rings. The molecule has 0 amide bonds. The maximum atomic E-state index is 13.3. The molecule has 0 saturated carbocycles. The number of anilines is 1. The highest BCUT2D eigenvalue weighted by Gasteiger charge is 2.23. The van der Waals surface area contributed by atoms with Crippen molar-refractivity contribution in [1.82, 2.24) is 9.55 Å². The van der Waals surface area contributed by atoms with Crippen molar-refractivity contribution in [2.45, 2.75) is 33.0 Å². The smallest absolute Gasteiger partial charge is 0.338 e. The second kappa shape index (κ2) is 11.6. The van der Waals surface area contributed by atoms with Gasteiger partial charge in [-0.3, -0.25) is 24.3 Å². The third-order valence-corrected chi connectivity index (χ3v) is 5.45. The standard InChI is InChI=1S/C24H23BrN4O7/c1-14(2)26-22-23(31)28(12-19(30)36-13-15-7-5-4-6-8-15)20(21(25)27-22)16-9-17(24(32)35-3)11-18(10-16)29(33)34/h4-11,14H,12-13H2,1-3H3,(H,26,27). The Bertz CT molecular complexity index is 1360. The number of hydrogen-bond donors (Lipinski definition) is 1. The summed E-state index contributed by atoms with van der Waals surface area (Å²) >= 11 is 3.32. The van der Waals surface area contributed by atoms with E-state index in [-0.39, 0.29) is 39.9 Å². The number of aromatic nitrogens is 2. The number of carbonyl (C=O) groups is 2. The van der Waals surface area contributed by atoms with E-state index >= 15 is 0 Å². The van der Waals surface area contributed by atoms with Gasteiger partial charge in [-0.25, -0.2) is 9.78 Å². The molecule has 0 radical (unpaired) electrons. The fourth-order valence-electron chi connectivity index (χ4n) is 3.33. The lowest BCUT2D eigenvalue weighted by Gasteiger charge is -2.18. The van der Waals surface area contributed by atoms with Crippen LogP contribution in [0.2, 0.25) is 0 Å². The normalized spacial score (nSPS) is 10.7. The number of carbonyl (C=O) groups excluding carboxylic acids is 2. The summed E-state index contributed by atoms with van der Waals surface area (Å²) in [5, 5.41) is 14.5. The molecule has 0 aliphatic heterocycles. The summed E-state index contributed by atoms with van der Waals surface area (Å²) in [7, 11) is 1.14. The van der Waals surface area contributed by atoms with E-state index in [4.69, 9.17) is 9.47 Å². The Kier molecular flexibility index (Phi) is 8.54. The SMILES string of the molecule is COC(=O)c1cc(-c2c(Br)nc(NC(C)C)c(=O)n2CC(=O)OCc2ccccc2)cc([N+](=O)[O-])c1. The first-order chi connectivity index (χ1) is 17.1. The zero-order valence-electron chi connectivity index (χ0n) is 19.7. The van der Waals surface area contributed by atoms with Crippen LogP contribution < -0.4 is 10.9 Å². The summed E-state index contributed by atoms with van der Waals surface area (Å²) in [5.41, 5.74) is -0.242. The van der Waals surface area contributed by atoms with E-state index in [0.717, 1.165) is 23.3 Å². The molecule has 0 unspecified atom stereocenters. The topological polar surface area (TPSA) is 143 Å². The van der Waals surface area contributed by atoms with Crippen molar-refractivity contribution in [2.75, 3.05) is 12.4 Å². The molecule has 0 atom stereocenters. The zero-order chi connectivity index (χ0) is 26.4. The van der Waals surface area contributed by atoms with Crippen molar-refractivity contribution >= 4 is 39.4 Å². The third-order valence-electron chi connectivity index (χ3n) is 4.90. The molecule has 1 heterocycles. The molecule has 0 spiro atoms. The Morgan fingerprint density at radius 3 is 2.50 bits per heavy atom. The van der Waals surface area contributed by atoms with Crippen LogP contribution in [-0.4, -0.2) is 39.6 Å². The Labute approximate surface area is 214 Å². The Morgan fingerprint density at radius 2 is 1.89 bits per heavy atom. The number of methoxy groups -OCH3 is 1. The van der Waals surface area contributed by atoms with Gasteiger partial charge in [-0.1, -0.05) is 30.3 Å². The second-order valence-corrected chi connectivity index (χ2v) is 8.70. The summed E-state index contributed by atoms with van der Waals surface area (Å²) < 4.78 is 11.3. The first kappa shape index (κ1) is 26.5. The summed E-state index contributed by atoms with van der Waals surface area (Å²) in [4.78, 5) is 53.3. The fourth-order valence-corrected chi connectivity index (χ4v) is 3.96. The quantitative estimate of drug-likeness (QED) is 0.234. The predicted octanol–water partition coefficient (Wildman–Crippen LogP) is 3.93. The van der Waals surface area contributed by atoms with Crippen molar-refractivity contribution in [3.63, 3.8) is 0 Å². The van der Waals surface area contributed by atoms with Gasteiger partial charge in [-0.15, -0.1) is 0 Å². The summed E-state index contributed by atoms with van der Waals surface area (Å²) in [6, 6.07) is 12.4. The molecule has 3 rings (SSSR count). The fraction of sp³-hybridized carbons (Fsp3) is 0.250. The monoisotopic (exact) mass is 558 g/mol. The van der Waals surface area contributed by atoms with Gasteiger partial charge in [0.25, 0.3) is 11.2 Å². The highest BCUT2D eigenvalue weighted by Crippen LogP contribution is 2.31. The number of nitrogens with one attached hydrogen (secondary N) is 1. The van der Waals surface area contributed by atoms with Crippen LogP contribution in [0.15, 0.2) is 57.9 Å². The van der Waals surface area contributed by atoms with Gasteiger partial charge in [0.1, 0.15) is 17.8 Å².